The highest BCUT2D eigenvalue weighted by Gasteiger charge is 2.27. The van der Waals surface area contributed by atoms with Crippen LogP contribution in [0.15, 0.2) is 10.6 Å². The Kier molecular flexibility index (Phi) is 4.55. The van der Waals surface area contributed by atoms with E-state index in [1.54, 1.807) is 11.8 Å². The smallest absolute Gasteiger partial charge is 0.243 e. The fraction of sp³-hybridized carbons (Fsp3) is 0.692. The quantitative estimate of drug-likeness (QED) is 0.828. The second-order valence-electron chi connectivity index (χ2n) is 5.63. The number of rotatable bonds is 4. The van der Waals surface area contributed by atoms with Gasteiger partial charge in [0, 0.05) is 19.2 Å². The van der Waals surface area contributed by atoms with Gasteiger partial charge in [-0.25, -0.2) is 12.7 Å². The van der Waals surface area contributed by atoms with Crippen LogP contribution in [-0.2, 0) is 14.8 Å². The Balaban J connectivity index is 2.11. The lowest BCUT2D eigenvalue weighted by molar-refractivity contribution is -0.130. The highest BCUT2D eigenvalue weighted by molar-refractivity contribution is 7.92. The van der Waals surface area contributed by atoms with Crippen LogP contribution in [0.2, 0.25) is 0 Å². The third-order valence-corrected chi connectivity index (χ3v) is 4.80. The first kappa shape index (κ1) is 15.8. The van der Waals surface area contributed by atoms with Gasteiger partial charge >= 0.3 is 0 Å². The number of hydrogen-bond acceptors (Lipinski definition) is 5. The number of carbonyl (C=O) groups is 1. The molecule has 0 saturated carbocycles. The number of aryl methyl sites for hydroxylation is 1. The summed E-state index contributed by atoms with van der Waals surface area (Å²) in [5.74, 6) is 1.05. The molecule has 1 saturated heterocycles. The second-order valence-corrected chi connectivity index (χ2v) is 7.54. The summed E-state index contributed by atoms with van der Waals surface area (Å²) in [5.41, 5.74) is 0. The molecule has 0 aromatic carbocycles. The van der Waals surface area contributed by atoms with Crippen LogP contribution in [-0.4, -0.2) is 50.3 Å². The van der Waals surface area contributed by atoms with Gasteiger partial charge in [-0.1, -0.05) is 12.1 Å². The molecule has 0 bridgehead atoms. The van der Waals surface area contributed by atoms with Crippen molar-refractivity contribution in [3.8, 4) is 0 Å². The number of carbonyl (C=O) groups excluding carboxylic acids is 1. The summed E-state index contributed by atoms with van der Waals surface area (Å²) in [6.07, 6.45) is 2.96. The Morgan fingerprint density at radius 2 is 2.10 bits per heavy atom. The van der Waals surface area contributed by atoms with E-state index in [1.807, 2.05) is 0 Å². The molecule has 1 amide bonds. The molecule has 1 aromatic heterocycles. The molecule has 1 fully saturated rings. The van der Waals surface area contributed by atoms with E-state index in [2.05, 4.69) is 12.1 Å². The minimum atomic E-state index is -3.59. The maximum Gasteiger partial charge on any atom is 0.243 e. The Labute approximate surface area is 124 Å². The summed E-state index contributed by atoms with van der Waals surface area (Å²) in [4.78, 5) is 14.0. The second kappa shape index (κ2) is 6.05. The van der Waals surface area contributed by atoms with Crippen molar-refractivity contribution in [2.45, 2.75) is 26.7 Å². The number of hydrogen-bond donors (Lipinski definition) is 0. The maximum absolute atomic E-state index is 12.3. The van der Waals surface area contributed by atoms with E-state index in [9.17, 15) is 13.2 Å². The minimum absolute atomic E-state index is 0.147. The molecule has 0 unspecified atom stereocenters. The molecule has 1 aliphatic rings. The molecule has 0 atom stereocenters. The van der Waals surface area contributed by atoms with Crippen molar-refractivity contribution in [3.63, 3.8) is 0 Å². The van der Waals surface area contributed by atoms with Gasteiger partial charge in [0.05, 0.1) is 6.26 Å². The zero-order valence-electron chi connectivity index (χ0n) is 12.6. The minimum Gasteiger partial charge on any atom is -0.360 e. The van der Waals surface area contributed by atoms with Crippen LogP contribution in [0, 0.1) is 12.8 Å². The number of amides is 1. The van der Waals surface area contributed by atoms with E-state index in [0.717, 1.165) is 23.4 Å². The number of sulfonamides is 1. The molecule has 118 valence electrons. The monoisotopic (exact) mass is 315 g/mol. The number of aromatic nitrogens is 1. The molecule has 0 aliphatic carbocycles. The lowest BCUT2D eigenvalue weighted by atomic mass is 9.99. The molecule has 2 heterocycles. The lowest BCUT2D eigenvalue weighted by Crippen LogP contribution is -2.45. The van der Waals surface area contributed by atoms with Crippen molar-refractivity contribution in [2.75, 3.05) is 30.2 Å². The van der Waals surface area contributed by atoms with Crippen LogP contribution in [0.1, 0.15) is 25.5 Å². The summed E-state index contributed by atoms with van der Waals surface area (Å²) in [6, 6.07) is 1.51. The third kappa shape index (κ3) is 3.96. The molecule has 1 aliphatic heterocycles. The zero-order valence-corrected chi connectivity index (χ0v) is 13.4. The summed E-state index contributed by atoms with van der Waals surface area (Å²) < 4.78 is 29.7. The summed E-state index contributed by atoms with van der Waals surface area (Å²) in [5, 5.41) is 3.69. The van der Waals surface area contributed by atoms with Gasteiger partial charge in [0.2, 0.25) is 15.9 Å². The van der Waals surface area contributed by atoms with Crippen LogP contribution in [0.3, 0.4) is 0 Å². The van der Waals surface area contributed by atoms with Gasteiger partial charge in [0.15, 0.2) is 5.82 Å². The summed E-state index contributed by atoms with van der Waals surface area (Å²) in [7, 11) is -3.59. The Morgan fingerprint density at radius 3 is 2.57 bits per heavy atom. The van der Waals surface area contributed by atoms with Gasteiger partial charge in [-0.2, -0.15) is 0 Å². The predicted octanol–water partition coefficient (Wildman–Crippen LogP) is 1.01. The Bertz CT molecular complexity index is 603. The Morgan fingerprint density at radius 1 is 1.48 bits per heavy atom. The molecule has 21 heavy (non-hydrogen) atoms. The van der Waals surface area contributed by atoms with Crippen molar-refractivity contribution >= 4 is 21.7 Å². The summed E-state index contributed by atoms with van der Waals surface area (Å²) >= 11 is 0. The van der Waals surface area contributed by atoms with Crippen LogP contribution in [0.4, 0.5) is 5.82 Å². The first-order valence-corrected chi connectivity index (χ1v) is 8.81. The van der Waals surface area contributed by atoms with E-state index in [0.29, 0.717) is 24.8 Å². The van der Waals surface area contributed by atoms with Crippen molar-refractivity contribution in [3.05, 3.63) is 11.8 Å². The average molecular weight is 315 g/mol. The topological polar surface area (TPSA) is 83.7 Å². The Hall–Kier alpha value is -1.57. The predicted molar refractivity (Wildman–Crippen MR) is 78.4 cm³/mol. The third-order valence-electron chi connectivity index (χ3n) is 3.69. The normalized spacial score (nSPS) is 17.0. The fourth-order valence-corrected chi connectivity index (χ4v) is 3.09. The van der Waals surface area contributed by atoms with Gasteiger partial charge in [0.25, 0.3) is 0 Å². The molecule has 2 rings (SSSR count). The first-order chi connectivity index (χ1) is 9.77. The van der Waals surface area contributed by atoms with Crippen molar-refractivity contribution in [1.82, 2.24) is 10.1 Å². The number of nitrogens with zero attached hydrogens (tertiary/aromatic N) is 3. The van der Waals surface area contributed by atoms with Gasteiger partial charge in [-0.15, -0.1) is 0 Å². The highest BCUT2D eigenvalue weighted by Crippen LogP contribution is 2.19. The highest BCUT2D eigenvalue weighted by atomic mass is 32.2. The maximum atomic E-state index is 12.3. The van der Waals surface area contributed by atoms with Crippen molar-refractivity contribution in [2.24, 2.45) is 5.92 Å². The van der Waals surface area contributed by atoms with Gasteiger partial charge in [-0.05, 0) is 25.7 Å². The molecule has 8 heteroatoms. The number of anilines is 1. The van der Waals surface area contributed by atoms with Crippen LogP contribution in [0.25, 0.3) is 0 Å². The van der Waals surface area contributed by atoms with E-state index in [4.69, 9.17) is 4.52 Å². The van der Waals surface area contributed by atoms with Crippen LogP contribution < -0.4 is 4.31 Å². The molecule has 0 spiro atoms. The van der Waals surface area contributed by atoms with E-state index >= 15 is 0 Å². The molecule has 0 radical (unpaired) electrons. The summed E-state index contributed by atoms with van der Waals surface area (Å²) in [6.45, 7) is 4.94. The van der Waals surface area contributed by atoms with Gasteiger partial charge < -0.3 is 9.42 Å². The largest absolute Gasteiger partial charge is 0.360 e. The van der Waals surface area contributed by atoms with E-state index < -0.39 is 10.0 Å². The van der Waals surface area contributed by atoms with Crippen molar-refractivity contribution in [1.29, 1.82) is 0 Å². The van der Waals surface area contributed by atoms with Crippen LogP contribution >= 0.6 is 0 Å². The number of likely N-dealkylation sites (tertiary alicyclic amines) is 1. The molecule has 1 aromatic rings. The van der Waals surface area contributed by atoms with Crippen molar-refractivity contribution < 1.29 is 17.7 Å². The fourth-order valence-electron chi connectivity index (χ4n) is 2.32. The van der Waals surface area contributed by atoms with E-state index in [-0.39, 0.29) is 18.3 Å². The van der Waals surface area contributed by atoms with Gasteiger partial charge in [0.1, 0.15) is 12.3 Å². The zero-order chi connectivity index (χ0) is 15.6. The average Bonchev–Trinajstić information content (AvgIpc) is 2.81. The van der Waals surface area contributed by atoms with E-state index in [1.165, 1.54) is 6.07 Å². The molecular formula is C13H21N3O4S. The standard InChI is InChI=1S/C13H21N3O4S/c1-10-4-6-15(7-5-10)13(17)9-16(21(3,18)19)12-8-11(2)20-14-12/h8,10H,4-7,9H2,1-3H3. The lowest BCUT2D eigenvalue weighted by Gasteiger charge is -2.31. The molecular weight excluding hydrogens is 294 g/mol. The van der Waals surface area contributed by atoms with Crippen LogP contribution in [0.5, 0.6) is 0 Å². The number of piperidine rings is 1. The van der Waals surface area contributed by atoms with Gasteiger partial charge in [-0.3, -0.25) is 4.79 Å². The molecule has 0 N–H and O–H groups in total. The SMILES string of the molecule is Cc1cc(N(CC(=O)N2CCC(C)CC2)S(C)(=O)=O)no1. The molecule has 7 nitrogen and oxygen atoms in total. The first-order valence-electron chi connectivity index (χ1n) is 6.96.